The third-order valence-electron chi connectivity index (χ3n) is 4.74. The van der Waals surface area contributed by atoms with Gasteiger partial charge in [0.25, 0.3) is 0 Å². The SMILES string of the molecule is O=C(O)C=CC(=O)NCCCCCCCCCCCCCCCCCC(=O)O. The minimum atomic E-state index is -1.11. The molecule has 0 bridgehead atoms. The number of amides is 1. The lowest BCUT2D eigenvalue weighted by molar-refractivity contribution is -0.137. The average molecular weight is 398 g/mol. The molecule has 0 unspecified atom stereocenters. The molecule has 0 saturated carbocycles. The molecule has 3 N–H and O–H groups in total. The van der Waals surface area contributed by atoms with E-state index in [1.165, 1.54) is 64.2 Å². The van der Waals surface area contributed by atoms with Crippen molar-refractivity contribution in [2.75, 3.05) is 6.54 Å². The summed E-state index contributed by atoms with van der Waals surface area (Å²) in [6.45, 7) is 0.600. The molecule has 0 aromatic rings. The Morgan fingerprint density at radius 1 is 0.571 bits per heavy atom. The Balaban J connectivity index is 3.15. The Bertz CT molecular complexity index is 448. The quantitative estimate of drug-likeness (QED) is 0.196. The molecule has 0 aliphatic rings. The van der Waals surface area contributed by atoms with E-state index in [2.05, 4.69) is 5.32 Å². The Morgan fingerprint density at radius 2 is 0.964 bits per heavy atom. The number of hydrogen-bond acceptors (Lipinski definition) is 3. The number of carbonyl (C=O) groups excluding carboxylic acids is 1. The molecule has 0 spiro atoms. The maximum Gasteiger partial charge on any atom is 0.328 e. The first kappa shape index (κ1) is 26.1. The van der Waals surface area contributed by atoms with Gasteiger partial charge in [0.2, 0.25) is 5.91 Å². The van der Waals surface area contributed by atoms with Gasteiger partial charge in [-0.05, 0) is 12.8 Å². The van der Waals surface area contributed by atoms with Gasteiger partial charge in [-0.1, -0.05) is 83.5 Å². The van der Waals surface area contributed by atoms with E-state index < -0.39 is 11.9 Å². The first-order chi connectivity index (χ1) is 13.5. The lowest BCUT2D eigenvalue weighted by atomic mass is 10.0. The summed E-state index contributed by atoms with van der Waals surface area (Å²) in [4.78, 5) is 31.9. The van der Waals surface area contributed by atoms with Crippen LogP contribution in [0.1, 0.15) is 103 Å². The lowest BCUT2D eigenvalue weighted by Gasteiger charge is -2.04. The zero-order valence-corrected chi connectivity index (χ0v) is 17.3. The number of carboxylic acid groups (broad SMARTS) is 2. The van der Waals surface area contributed by atoms with E-state index in [1.54, 1.807) is 0 Å². The molecule has 6 heteroatoms. The Hall–Kier alpha value is -1.85. The molecule has 6 nitrogen and oxygen atoms in total. The zero-order chi connectivity index (χ0) is 20.9. The van der Waals surface area contributed by atoms with Crippen molar-refractivity contribution in [1.29, 1.82) is 0 Å². The van der Waals surface area contributed by atoms with Crippen LogP contribution >= 0.6 is 0 Å². The summed E-state index contributed by atoms with van der Waals surface area (Å²) in [7, 11) is 0. The van der Waals surface area contributed by atoms with Gasteiger partial charge in [0.1, 0.15) is 0 Å². The summed E-state index contributed by atoms with van der Waals surface area (Å²) in [5, 5.41) is 19.7. The number of nitrogens with one attached hydrogen (secondary N) is 1. The van der Waals surface area contributed by atoms with Crippen LogP contribution in [-0.2, 0) is 14.4 Å². The second kappa shape index (κ2) is 19.9. The van der Waals surface area contributed by atoms with E-state index in [4.69, 9.17) is 10.2 Å². The third kappa shape index (κ3) is 22.2. The van der Waals surface area contributed by atoms with E-state index in [-0.39, 0.29) is 5.91 Å². The first-order valence-corrected chi connectivity index (χ1v) is 10.9. The predicted octanol–water partition coefficient (Wildman–Crippen LogP) is 5.07. The van der Waals surface area contributed by atoms with Crippen LogP contribution in [0.25, 0.3) is 0 Å². The Labute approximate surface area is 169 Å². The van der Waals surface area contributed by atoms with Crippen LogP contribution in [0.5, 0.6) is 0 Å². The van der Waals surface area contributed by atoms with Crippen molar-refractivity contribution in [3.05, 3.63) is 12.2 Å². The van der Waals surface area contributed by atoms with Gasteiger partial charge in [0, 0.05) is 25.1 Å². The summed E-state index contributed by atoms with van der Waals surface area (Å²) in [5.74, 6) is -2.14. The Morgan fingerprint density at radius 3 is 1.36 bits per heavy atom. The molecular formula is C22H39NO5. The fourth-order valence-corrected chi connectivity index (χ4v) is 3.12. The molecule has 28 heavy (non-hydrogen) atoms. The highest BCUT2D eigenvalue weighted by Crippen LogP contribution is 2.13. The summed E-state index contributed by atoms with van der Waals surface area (Å²) >= 11 is 0. The van der Waals surface area contributed by atoms with E-state index in [0.29, 0.717) is 13.0 Å². The molecule has 0 fully saturated rings. The van der Waals surface area contributed by atoms with Gasteiger partial charge in [-0.15, -0.1) is 0 Å². The van der Waals surface area contributed by atoms with Crippen LogP contribution in [0.3, 0.4) is 0 Å². The molecular weight excluding hydrogens is 358 g/mol. The highest BCUT2D eigenvalue weighted by Gasteiger charge is 1.98. The average Bonchev–Trinajstić information content (AvgIpc) is 2.65. The number of rotatable bonds is 20. The first-order valence-electron chi connectivity index (χ1n) is 10.9. The standard InChI is InChI=1S/C22H39NO5/c24-20(17-18-22(27)28)23-19-15-13-11-9-7-5-3-1-2-4-6-8-10-12-14-16-21(25)26/h17-18H,1-16,19H2,(H,23,24)(H,25,26)(H,27,28). The van der Waals surface area contributed by atoms with Gasteiger partial charge in [-0.25, -0.2) is 4.79 Å². The van der Waals surface area contributed by atoms with Crippen molar-refractivity contribution in [1.82, 2.24) is 5.32 Å². The van der Waals surface area contributed by atoms with Crippen molar-refractivity contribution in [3.63, 3.8) is 0 Å². The fourth-order valence-electron chi connectivity index (χ4n) is 3.12. The highest BCUT2D eigenvalue weighted by molar-refractivity contribution is 5.93. The topological polar surface area (TPSA) is 104 Å². The molecule has 1 amide bonds. The lowest BCUT2D eigenvalue weighted by Crippen LogP contribution is -2.22. The van der Waals surface area contributed by atoms with Crippen LogP contribution in [0.4, 0.5) is 0 Å². The van der Waals surface area contributed by atoms with Crippen molar-refractivity contribution >= 4 is 17.8 Å². The van der Waals surface area contributed by atoms with Gasteiger partial charge in [-0.2, -0.15) is 0 Å². The van der Waals surface area contributed by atoms with E-state index >= 15 is 0 Å². The maximum absolute atomic E-state index is 11.2. The van der Waals surface area contributed by atoms with Crippen molar-refractivity contribution in [3.8, 4) is 0 Å². The zero-order valence-electron chi connectivity index (χ0n) is 17.3. The third-order valence-corrected chi connectivity index (χ3v) is 4.74. The Kier molecular flexibility index (Phi) is 18.6. The molecule has 0 aliphatic heterocycles. The molecule has 0 atom stereocenters. The number of aliphatic carboxylic acids is 2. The predicted molar refractivity (Wildman–Crippen MR) is 111 cm³/mol. The molecule has 0 saturated heterocycles. The molecule has 0 aromatic heterocycles. The normalized spacial score (nSPS) is 11.0. The number of carboxylic acids is 2. The van der Waals surface area contributed by atoms with Gasteiger partial charge in [0.15, 0.2) is 0 Å². The van der Waals surface area contributed by atoms with E-state index in [1.807, 2.05) is 0 Å². The maximum atomic E-state index is 11.2. The summed E-state index contributed by atoms with van der Waals surface area (Å²) in [5.41, 5.74) is 0. The monoisotopic (exact) mass is 397 g/mol. The molecule has 162 valence electrons. The largest absolute Gasteiger partial charge is 0.481 e. The summed E-state index contributed by atoms with van der Waals surface area (Å²) in [6.07, 6.45) is 20.0. The van der Waals surface area contributed by atoms with Crippen molar-refractivity contribution in [2.45, 2.75) is 103 Å². The van der Waals surface area contributed by atoms with Crippen LogP contribution in [0.2, 0.25) is 0 Å². The highest BCUT2D eigenvalue weighted by atomic mass is 16.4. The minimum Gasteiger partial charge on any atom is -0.481 e. The van der Waals surface area contributed by atoms with Gasteiger partial charge >= 0.3 is 11.9 Å². The van der Waals surface area contributed by atoms with Crippen LogP contribution in [-0.4, -0.2) is 34.6 Å². The van der Waals surface area contributed by atoms with Crippen molar-refractivity contribution in [2.24, 2.45) is 0 Å². The smallest absolute Gasteiger partial charge is 0.328 e. The van der Waals surface area contributed by atoms with Crippen LogP contribution in [0, 0.1) is 0 Å². The van der Waals surface area contributed by atoms with E-state index in [0.717, 1.165) is 44.3 Å². The molecule has 0 radical (unpaired) electrons. The van der Waals surface area contributed by atoms with Crippen LogP contribution < -0.4 is 5.32 Å². The summed E-state index contributed by atoms with van der Waals surface area (Å²) < 4.78 is 0. The van der Waals surface area contributed by atoms with E-state index in [9.17, 15) is 14.4 Å². The fraction of sp³-hybridized carbons (Fsp3) is 0.773. The molecule has 0 aliphatic carbocycles. The van der Waals surface area contributed by atoms with Gasteiger partial charge in [0.05, 0.1) is 0 Å². The number of carbonyl (C=O) groups is 3. The number of unbranched alkanes of at least 4 members (excludes halogenated alkanes) is 14. The number of hydrogen-bond donors (Lipinski definition) is 3. The van der Waals surface area contributed by atoms with Crippen molar-refractivity contribution < 1.29 is 24.6 Å². The van der Waals surface area contributed by atoms with Gasteiger partial charge < -0.3 is 15.5 Å². The van der Waals surface area contributed by atoms with Crippen LogP contribution in [0.15, 0.2) is 12.2 Å². The molecule has 0 aromatic carbocycles. The molecule has 0 rings (SSSR count). The second-order valence-corrected chi connectivity index (χ2v) is 7.41. The van der Waals surface area contributed by atoms with Gasteiger partial charge in [-0.3, -0.25) is 9.59 Å². The molecule has 0 heterocycles. The minimum absolute atomic E-state index is 0.308. The second-order valence-electron chi connectivity index (χ2n) is 7.41. The summed E-state index contributed by atoms with van der Waals surface area (Å²) in [6, 6.07) is 0.